The van der Waals surface area contributed by atoms with Crippen LogP contribution >= 0.6 is 30.5 Å². The monoisotopic (exact) mass is 487 g/mol. The van der Waals surface area contributed by atoms with Gasteiger partial charge in [0.15, 0.2) is 5.30 Å². The maximum atomic E-state index is 13.5. The van der Waals surface area contributed by atoms with Crippen molar-refractivity contribution >= 4 is 41.1 Å². The summed E-state index contributed by atoms with van der Waals surface area (Å²) >= 11 is 3.59. The molecular formula is C28H24O2PS2+. The van der Waals surface area contributed by atoms with Gasteiger partial charge in [-0.15, -0.1) is 22.7 Å². The smallest absolute Gasteiger partial charge is 0.416 e. The maximum Gasteiger partial charge on any atom is 0.416 e. The normalized spacial score (nSPS) is 11.7. The molecule has 1 atom stereocenters. The molecule has 2 nitrogen and oxygen atoms in total. The molecule has 0 spiro atoms. The van der Waals surface area contributed by atoms with Crippen LogP contribution in [0.1, 0.15) is 19.5 Å². The quantitative estimate of drug-likeness (QED) is 0.233. The van der Waals surface area contributed by atoms with E-state index in [2.05, 4.69) is 45.9 Å². The number of rotatable bonds is 5. The summed E-state index contributed by atoms with van der Waals surface area (Å²) in [7, 11) is -1.73. The van der Waals surface area contributed by atoms with E-state index < -0.39 is 7.80 Å². The summed E-state index contributed by atoms with van der Waals surface area (Å²) in [6, 6.07) is 24.1. The number of aryl methyl sites for hydroxylation is 4. The highest BCUT2D eigenvalue weighted by Crippen LogP contribution is 2.44. The molecule has 1 unspecified atom stereocenters. The van der Waals surface area contributed by atoms with Crippen molar-refractivity contribution in [1.29, 1.82) is 0 Å². The van der Waals surface area contributed by atoms with E-state index >= 15 is 0 Å². The lowest BCUT2D eigenvalue weighted by Crippen LogP contribution is -2.08. The zero-order valence-electron chi connectivity index (χ0n) is 19.0. The first-order valence-corrected chi connectivity index (χ1v) is 13.7. The van der Waals surface area contributed by atoms with E-state index in [4.69, 9.17) is 4.42 Å². The van der Waals surface area contributed by atoms with E-state index in [1.165, 1.54) is 25.1 Å². The van der Waals surface area contributed by atoms with Crippen LogP contribution in [0.5, 0.6) is 0 Å². The Balaban J connectivity index is 1.71. The van der Waals surface area contributed by atoms with Crippen LogP contribution in [0.25, 0.3) is 33.8 Å². The summed E-state index contributed by atoms with van der Waals surface area (Å²) in [5.74, 6) is 1.64. The van der Waals surface area contributed by atoms with Crippen molar-refractivity contribution in [2.24, 2.45) is 0 Å². The van der Waals surface area contributed by atoms with Crippen LogP contribution < -0.4 is 10.6 Å². The Bertz CT molecular complexity index is 1410. The molecule has 33 heavy (non-hydrogen) atoms. The van der Waals surface area contributed by atoms with Crippen molar-refractivity contribution in [3.05, 3.63) is 92.3 Å². The van der Waals surface area contributed by atoms with Crippen LogP contribution in [0.2, 0.25) is 0 Å². The molecule has 0 aliphatic carbocycles. The van der Waals surface area contributed by atoms with Crippen molar-refractivity contribution in [2.75, 3.05) is 0 Å². The minimum Gasteiger partial charge on any atom is -0.455 e. The maximum absolute atomic E-state index is 13.5. The molecule has 5 rings (SSSR count). The SMILES string of the molecule is Cc1cc(-c2cc(-c3ccccc3[P+](=O)c3ccccc3)oc2-c2cc(C)sc2C)c(C)s1. The summed E-state index contributed by atoms with van der Waals surface area (Å²) < 4.78 is 20.1. The molecule has 0 bridgehead atoms. The third kappa shape index (κ3) is 4.15. The molecule has 0 aliphatic heterocycles. The van der Waals surface area contributed by atoms with E-state index in [0.717, 1.165) is 38.8 Å². The summed E-state index contributed by atoms with van der Waals surface area (Å²) in [5, 5.41) is 1.61. The van der Waals surface area contributed by atoms with Gasteiger partial charge in [-0.05, 0) is 75.7 Å². The largest absolute Gasteiger partial charge is 0.455 e. The molecule has 164 valence electrons. The van der Waals surface area contributed by atoms with Crippen LogP contribution in [0, 0.1) is 27.7 Å². The minimum absolute atomic E-state index is 0.751. The Morgan fingerprint density at radius 3 is 1.91 bits per heavy atom. The second-order valence-electron chi connectivity index (χ2n) is 8.15. The van der Waals surface area contributed by atoms with Gasteiger partial charge in [-0.1, -0.05) is 34.9 Å². The van der Waals surface area contributed by atoms with Gasteiger partial charge in [-0.25, -0.2) is 0 Å². The summed E-state index contributed by atoms with van der Waals surface area (Å²) in [5.41, 5.74) is 4.31. The second kappa shape index (κ2) is 8.87. The highest BCUT2D eigenvalue weighted by Gasteiger charge is 2.30. The average molecular weight is 488 g/mol. The molecule has 3 aromatic heterocycles. The summed E-state index contributed by atoms with van der Waals surface area (Å²) in [6.45, 7) is 8.58. The predicted molar refractivity (Wildman–Crippen MR) is 143 cm³/mol. The van der Waals surface area contributed by atoms with E-state index in [1.807, 2.05) is 54.6 Å². The van der Waals surface area contributed by atoms with Gasteiger partial charge >= 0.3 is 7.80 Å². The first kappa shape index (κ1) is 22.0. The third-order valence-corrected chi connectivity index (χ3v) is 9.25. The lowest BCUT2D eigenvalue weighted by atomic mass is 10.0. The summed E-state index contributed by atoms with van der Waals surface area (Å²) in [6.07, 6.45) is 0. The van der Waals surface area contributed by atoms with Crippen molar-refractivity contribution in [3.8, 4) is 33.8 Å². The van der Waals surface area contributed by atoms with Gasteiger partial charge in [0.05, 0.1) is 5.56 Å². The molecule has 5 heteroatoms. The Hall–Kier alpha value is -2.78. The average Bonchev–Trinajstić information content (AvgIpc) is 3.49. The molecule has 0 N–H and O–H groups in total. The molecule has 0 fully saturated rings. The molecule has 5 aromatic rings. The highest BCUT2D eigenvalue weighted by molar-refractivity contribution is 7.61. The fourth-order valence-electron chi connectivity index (χ4n) is 4.24. The van der Waals surface area contributed by atoms with Crippen LogP contribution in [-0.2, 0) is 4.57 Å². The Kier molecular flexibility index (Phi) is 5.92. The predicted octanol–water partition coefficient (Wildman–Crippen LogP) is 8.42. The van der Waals surface area contributed by atoms with E-state index in [0.29, 0.717) is 0 Å². The Labute approximate surface area is 203 Å². The number of hydrogen-bond donors (Lipinski definition) is 0. The van der Waals surface area contributed by atoms with Gasteiger partial charge in [0, 0.05) is 30.6 Å². The van der Waals surface area contributed by atoms with Crippen LogP contribution in [0.15, 0.2) is 77.2 Å². The van der Waals surface area contributed by atoms with E-state index in [9.17, 15) is 4.57 Å². The number of furan rings is 1. The molecule has 3 heterocycles. The first-order valence-electron chi connectivity index (χ1n) is 10.8. The fraction of sp³-hybridized carbons (Fsp3) is 0.143. The van der Waals surface area contributed by atoms with Crippen molar-refractivity contribution < 1.29 is 8.98 Å². The van der Waals surface area contributed by atoms with Gasteiger partial charge in [0.1, 0.15) is 11.5 Å². The third-order valence-electron chi connectivity index (χ3n) is 5.73. The van der Waals surface area contributed by atoms with Gasteiger partial charge in [0.2, 0.25) is 5.30 Å². The summed E-state index contributed by atoms with van der Waals surface area (Å²) in [4.78, 5) is 5.05. The second-order valence-corrected chi connectivity index (χ2v) is 12.7. The number of thiophene rings is 2. The van der Waals surface area contributed by atoms with Crippen LogP contribution in [0.4, 0.5) is 0 Å². The highest BCUT2D eigenvalue weighted by atomic mass is 32.1. The lowest BCUT2D eigenvalue weighted by molar-refractivity contribution is 0.594. The molecule has 0 saturated carbocycles. The molecule has 0 radical (unpaired) electrons. The topological polar surface area (TPSA) is 30.2 Å². The molecule has 2 aromatic carbocycles. The van der Waals surface area contributed by atoms with Gasteiger partial charge in [-0.2, -0.15) is 0 Å². The molecule has 0 saturated heterocycles. The number of benzene rings is 2. The van der Waals surface area contributed by atoms with Crippen molar-refractivity contribution in [2.45, 2.75) is 27.7 Å². The lowest BCUT2D eigenvalue weighted by Gasteiger charge is -2.02. The fourth-order valence-corrected chi connectivity index (χ4v) is 7.45. The first-order chi connectivity index (χ1) is 15.9. The van der Waals surface area contributed by atoms with E-state index in [1.54, 1.807) is 22.7 Å². The zero-order chi connectivity index (χ0) is 23.1. The number of hydrogen-bond acceptors (Lipinski definition) is 4. The zero-order valence-corrected chi connectivity index (χ0v) is 21.5. The molecule has 0 amide bonds. The van der Waals surface area contributed by atoms with Crippen LogP contribution in [0.3, 0.4) is 0 Å². The van der Waals surface area contributed by atoms with Crippen molar-refractivity contribution in [1.82, 2.24) is 0 Å². The van der Waals surface area contributed by atoms with Crippen molar-refractivity contribution in [3.63, 3.8) is 0 Å². The Morgan fingerprint density at radius 1 is 0.667 bits per heavy atom. The Morgan fingerprint density at radius 2 is 1.27 bits per heavy atom. The minimum atomic E-state index is -1.73. The van der Waals surface area contributed by atoms with Crippen LogP contribution in [-0.4, -0.2) is 0 Å². The van der Waals surface area contributed by atoms with E-state index in [-0.39, 0.29) is 0 Å². The van der Waals surface area contributed by atoms with Gasteiger partial charge in [0.25, 0.3) is 0 Å². The standard InChI is InChI=1S/C28H24O2PS2/c1-17-14-23(19(3)32-17)25-16-26(30-28(25)24-15-18(2)33-20(24)4)22-12-8-9-13-27(22)31(29)21-10-6-5-7-11-21/h5-16H,1-4H3/q+1. The molecule has 0 aliphatic rings. The van der Waals surface area contributed by atoms with Gasteiger partial charge < -0.3 is 4.42 Å². The van der Waals surface area contributed by atoms with Gasteiger partial charge in [-0.3, -0.25) is 0 Å². The molecular weight excluding hydrogens is 463 g/mol.